The quantitative estimate of drug-likeness (QED) is 0.852. The van der Waals surface area contributed by atoms with Crippen molar-refractivity contribution in [3.8, 4) is 0 Å². The molecular formula is C17H21FN2O2S. The van der Waals surface area contributed by atoms with Gasteiger partial charge in [-0.05, 0) is 38.0 Å². The summed E-state index contributed by atoms with van der Waals surface area (Å²) in [7, 11) is 1.75. The maximum atomic E-state index is 13.1. The number of fused-ring (bicyclic) bond motifs is 1. The molecule has 2 aliphatic heterocycles. The van der Waals surface area contributed by atoms with Gasteiger partial charge in [0.25, 0.3) is 0 Å². The number of amides is 2. The molecule has 23 heavy (non-hydrogen) atoms. The van der Waals surface area contributed by atoms with Crippen LogP contribution in [0.1, 0.15) is 38.3 Å². The van der Waals surface area contributed by atoms with Crippen molar-refractivity contribution in [1.29, 1.82) is 0 Å². The van der Waals surface area contributed by atoms with E-state index in [0.29, 0.717) is 12.2 Å². The predicted octanol–water partition coefficient (Wildman–Crippen LogP) is 2.80. The second-order valence-corrected chi connectivity index (χ2v) is 7.94. The third kappa shape index (κ3) is 2.73. The lowest BCUT2D eigenvalue weighted by Crippen LogP contribution is -2.50. The van der Waals surface area contributed by atoms with E-state index < -0.39 is 6.04 Å². The van der Waals surface area contributed by atoms with E-state index in [1.54, 1.807) is 40.7 Å². The molecule has 2 heterocycles. The minimum atomic E-state index is -0.395. The maximum Gasteiger partial charge on any atom is 0.246 e. The molecule has 0 spiro atoms. The number of carbonyl (C=O) groups is 2. The Morgan fingerprint density at radius 2 is 2.09 bits per heavy atom. The van der Waals surface area contributed by atoms with Crippen molar-refractivity contribution >= 4 is 23.6 Å². The molecule has 4 nitrogen and oxygen atoms in total. The van der Waals surface area contributed by atoms with Gasteiger partial charge in [-0.3, -0.25) is 9.59 Å². The fraction of sp³-hybridized carbons (Fsp3) is 0.529. The van der Waals surface area contributed by atoms with Crippen LogP contribution in [0.5, 0.6) is 0 Å². The summed E-state index contributed by atoms with van der Waals surface area (Å²) in [6.07, 6.45) is 1.32. The van der Waals surface area contributed by atoms with Crippen LogP contribution in [0.15, 0.2) is 24.3 Å². The number of likely N-dealkylation sites (N-methyl/N-ethyl adjacent to an activating group) is 1. The summed E-state index contributed by atoms with van der Waals surface area (Å²) in [5, 5.41) is 0. The minimum absolute atomic E-state index is 0.0479. The molecule has 1 aromatic rings. The van der Waals surface area contributed by atoms with Crippen LogP contribution in [0.2, 0.25) is 0 Å². The molecule has 0 aliphatic carbocycles. The smallest absolute Gasteiger partial charge is 0.246 e. The maximum absolute atomic E-state index is 13.1. The van der Waals surface area contributed by atoms with Gasteiger partial charge in [0.1, 0.15) is 11.9 Å². The molecule has 1 aromatic carbocycles. The van der Waals surface area contributed by atoms with Gasteiger partial charge in [0, 0.05) is 19.2 Å². The van der Waals surface area contributed by atoms with Gasteiger partial charge in [0.15, 0.2) is 0 Å². The third-order valence-electron chi connectivity index (χ3n) is 5.01. The standard InChI is InChI=1S/C17H21FN2O2S/c1-11(12-4-6-13(18)7-5-12)19(3)16(22)14-10-23-17(2)9-8-15(21)20(14)17/h4-7,11,14H,8-10H2,1-3H3/t11-,14+,17-/m1/s1. The number of hydrogen-bond acceptors (Lipinski definition) is 3. The van der Waals surface area contributed by atoms with Crippen molar-refractivity contribution in [2.45, 2.75) is 43.6 Å². The van der Waals surface area contributed by atoms with Crippen LogP contribution < -0.4 is 0 Å². The van der Waals surface area contributed by atoms with Crippen LogP contribution in [0, 0.1) is 5.82 Å². The van der Waals surface area contributed by atoms with Gasteiger partial charge < -0.3 is 9.80 Å². The second kappa shape index (κ2) is 5.82. The SMILES string of the molecule is C[C@H](c1ccc(F)cc1)N(C)C(=O)[C@@H]1CS[C@]2(C)CCC(=O)N12. The molecular weight excluding hydrogens is 315 g/mol. The van der Waals surface area contributed by atoms with Gasteiger partial charge in [0.05, 0.1) is 10.9 Å². The van der Waals surface area contributed by atoms with Crippen molar-refractivity contribution in [2.24, 2.45) is 0 Å². The van der Waals surface area contributed by atoms with Gasteiger partial charge >= 0.3 is 0 Å². The van der Waals surface area contributed by atoms with Gasteiger partial charge in [0.2, 0.25) is 11.8 Å². The molecule has 0 bridgehead atoms. The van der Waals surface area contributed by atoms with Crippen LogP contribution in [0.25, 0.3) is 0 Å². The Morgan fingerprint density at radius 1 is 1.43 bits per heavy atom. The van der Waals surface area contributed by atoms with E-state index >= 15 is 0 Å². The average molecular weight is 336 g/mol. The summed E-state index contributed by atoms with van der Waals surface area (Å²) in [6, 6.07) is 5.62. The lowest BCUT2D eigenvalue weighted by molar-refractivity contribution is -0.144. The molecule has 0 radical (unpaired) electrons. The highest BCUT2D eigenvalue weighted by Crippen LogP contribution is 2.47. The molecule has 2 fully saturated rings. The molecule has 2 amide bonds. The largest absolute Gasteiger partial charge is 0.337 e. The molecule has 0 aromatic heterocycles. The lowest BCUT2D eigenvalue weighted by atomic mass is 10.1. The van der Waals surface area contributed by atoms with Gasteiger partial charge in [-0.2, -0.15) is 0 Å². The summed E-state index contributed by atoms with van der Waals surface area (Å²) in [5.74, 6) is 0.370. The summed E-state index contributed by atoms with van der Waals surface area (Å²) in [4.78, 5) is 28.3. The molecule has 0 N–H and O–H groups in total. The summed E-state index contributed by atoms with van der Waals surface area (Å²) in [6.45, 7) is 3.96. The van der Waals surface area contributed by atoms with E-state index in [1.165, 1.54) is 12.1 Å². The van der Waals surface area contributed by atoms with Crippen molar-refractivity contribution in [2.75, 3.05) is 12.8 Å². The van der Waals surface area contributed by atoms with E-state index in [4.69, 9.17) is 0 Å². The fourth-order valence-corrected chi connectivity index (χ4v) is 4.82. The van der Waals surface area contributed by atoms with Crippen LogP contribution in [0.4, 0.5) is 4.39 Å². The Morgan fingerprint density at radius 3 is 2.74 bits per heavy atom. The zero-order chi connectivity index (χ0) is 16.8. The predicted molar refractivity (Wildman–Crippen MR) is 88.3 cm³/mol. The molecule has 6 heteroatoms. The Bertz CT molecular complexity index is 636. The normalized spacial score (nSPS) is 27.9. The first-order chi connectivity index (χ1) is 10.8. The van der Waals surface area contributed by atoms with E-state index in [0.717, 1.165) is 12.0 Å². The van der Waals surface area contributed by atoms with E-state index in [9.17, 15) is 14.0 Å². The fourth-order valence-electron chi connectivity index (χ4n) is 3.39. The van der Waals surface area contributed by atoms with Crippen LogP contribution >= 0.6 is 11.8 Å². The van der Waals surface area contributed by atoms with Crippen molar-refractivity contribution in [3.05, 3.63) is 35.6 Å². The summed E-state index contributed by atoms with van der Waals surface area (Å²) >= 11 is 1.69. The van der Waals surface area contributed by atoms with E-state index in [1.807, 2.05) is 13.8 Å². The molecule has 0 saturated carbocycles. The number of nitrogens with zero attached hydrogens (tertiary/aromatic N) is 2. The van der Waals surface area contributed by atoms with Crippen LogP contribution in [-0.4, -0.2) is 45.3 Å². The Labute approximate surface area is 140 Å². The van der Waals surface area contributed by atoms with Crippen LogP contribution in [0.3, 0.4) is 0 Å². The number of hydrogen-bond donors (Lipinski definition) is 0. The lowest BCUT2D eigenvalue weighted by Gasteiger charge is -2.34. The summed E-state index contributed by atoms with van der Waals surface area (Å²) < 4.78 is 13.1. The number of halogens is 1. The monoisotopic (exact) mass is 336 g/mol. The zero-order valence-electron chi connectivity index (χ0n) is 13.6. The molecule has 2 saturated heterocycles. The molecule has 0 unspecified atom stereocenters. The highest BCUT2D eigenvalue weighted by molar-refractivity contribution is 8.01. The van der Waals surface area contributed by atoms with Crippen molar-refractivity contribution in [1.82, 2.24) is 9.80 Å². The highest BCUT2D eigenvalue weighted by Gasteiger charge is 2.53. The van der Waals surface area contributed by atoms with Gasteiger partial charge in [-0.1, -0.05) is 12.1 Å². The summed E-state index contributed by atoms with van der Waals surface area (Å²) in [5.41, 5.74) is 0.878. The molecule has 3 atom stereocenters. The molecule has 2 aliphatic rings. The van der Waals surface area contributed by atoms with Gasteiger partial charge in [-0.15, -0.1) is 11.8 Å². The van der Waals surface area contributed by atoms with Crippen molar-refractivity contribution < 1.29 is 14.0 Å². The number of thioether (sulfide) groups is 1. The number of carbonyl (C=O) groups excluding carboxylic acids is 2. The first-order valence-corrected chi connectivity index (χ1v) is 8.80. The van der Waals surface area contributed by atoms with Crippen molar-refractivity contribution in [3.63, 3.8) is 0 Å². The minimum Gasteiger partial charge on any atom is -0.337 e. The number of benzene rings is 1. The Balaban J connectivity index is 1.77. The Hall–Kier alpha value is -1.56. The zero-order valence-corrected chi connectivity index (χ0v) is 14.4. The molecule has 124 valence electrons. The van der Waals surface area contributed by atoms with Gasteiger partial charge in [-0.25, -0.2) is 4.39 Å². The van der Waals surface area contributed by atoms with E-state index in [2.05, 4.69) is 0 Å². The average Bonchev–Trinajstić information content (AvgIpc) is 3.02. The Kier molecular flexibility index (Phi) is 4.12. The van der Waals surface area contributed by atoms with Crippen LogP contribution in [-0.2, 0) is 9.59 Å². The first kappa shape index (κ1) is 16.3. The third-order valence-corrected chi connectivity index (χ3v) is 6.52. The second-order valence-electron chi connectivity index (χ2n) is 6.44. The number of rotatable bonds is 3. The highest BCUT2D eigenvalue weighted by atomic mass is 32.2. The first-order valence-electron chi connectivity index (χ1n) is 7.82. The molecule has 3 rings (SSSR count). The topological polar surface area (TPSA) is 40.6 Å². The van der Waals surface area contributed by atoms with E-state index in [-0.39, 0.29) is 28.5 Å².